The van der Waals surface area contributed by atoms with Gasteiger partial charge in [0.05, 0.1) is 11.9 Å². The predicted octanol–water partition coefficient (Wildman–Crippen LogP) is 2.82. The van der Waals surface area contributed by atoms with Crippen LogP contribution in [0.15, 0.2) is 24.3 Å². The summed E-state index contributed by atoms with van der Waals surface area (Å²) < 4.78 is 38.8. The summed E-state index contributed by atoms with van der Waals surface area (Å²) in [6, 6.07) is 4.42. The van der Waals surface area contributed by atoms with Crippen molar-refractivity contribution in [2.75, 3.05) is 10.6 Å². The van der Waals surface area contributed by atoms with Crippen molar-refractivity contribution in [3.8, 4) is 0 Å². The third-order valence-corrected chi connectivity index (χ3v) is 5.54. The van der Waals surface area contributed by atoms with E-state index in [9.17, 15) is 17.6 Å². The number of benzene rings is 1. The Balaban J connectivity index is 2.24. The Hall–Kier alpha value is -1.63. The lowest BCUT2D eigenvalue weighted by Crippen LogP contribution is -2.51. The number of carbonyl (C=O) groups excluding carboxylic acids is 1. The highest BCUT2D eigenvalue weighted by Gasteiger charge is 2.32. The van der Waals surface area contributed by atoms with Gasteiger partial charge in [0.2, 0.25) is 15.9 Å². The standard InChI is InChI=1S/C17H25FN2O3S/c1-3-16(17(21)19-14-7-5-4-6-8-14)20(24(2,22)23)15-11-9-13(18)10-12-15/h9-12,14,16H,3-8H2,1-2H3,(H,19,21)/t16-/m0/s1. The van der Waals surface area contributed by atoms with Gasteiger partial charge >= 0.3 is 0 Å². The largest absolute Gasteiger partial charge is 0.352 e. The summed E-state index contributed by atoms with van der Waals surface area (Å²) in [5.41, 5.74) is 0.296. The van der Waals surface area contributed by atoms with Crippen molar-refractivity contribution in [2.24, 2.45) is 0 Å². The molecule has 134 valence electrons. The molecule has 1 aliphatic carbocycles. The number of nitrogens with one attached hydrogen (secondary N) is 1. The van der Waals surface area contributed by atoms with Crippen molar-refractivity contribution in [3.63, 3.8) is 0 Å². The minimum absolute atomic E-state index is 0.106. The minimum atomic E-state index is -3.68. The molecule has 0 aliphatic heterocycles. The highest BCUT2D eigenvalue weighted by atomic mass is 32.2. The molecular weight excluding hydrogens is 331 g/mol. The monoisotopic (exact) mass is 356 g/mol. The molecule has 0 heterocycles. The van der Waals surface area contributed by atoms with E-state index in [0.29, 0.717) is 12.1 Å². The first kappa shape index (κ1) is 18.7. The van der Waals surface area contributed by atoms with Gasteiger partial charge in [0.25, 0.3) is 0 Å². The molecule has 1 amide bonds. The molecule has 1 fully saturated rings. The van der Waals surface area contributed by atoms with Crippen LogP contribution in [-0.2, 0) is 14.8 Å². The average Bonchev–Trinajstić information content (AvgIpc) is 2.53. The number of amides is 1. The molecule has 1 aromatic rings. The zero-order chi connectivity index (χ0) is 17.7. The second-order valence-corrected chi connectivity index (χ2v) is 8.16. The fraction of sp³-hybridized carbons (Fsp3) is 0.588. The van der Waals surface area contributed by atoms with Gasteiger partial charge in [-0.05, 0) is 43.5 Å². The van der Waals surface area contributed by atoms with Crippen LogP contribution in [0.3, 0.4) is 0 Å². The molecule has 0 bridgehead atoms. The van der Waals surface area contributed by atoms with Gasteiger partial charge in [-0.2, -0.15) is 0 Å². The summed E-state index contributed by atoms with van der Waals surface area (Å²) in [5, 5.41) is 2.98. The summed E-state index contributed by atoms with van der Waals surface area (Å²) >= 11 is 0. The molecule has 0 aromatic heterocycles. The van der Waals surface area contributed by atoms with Gasteiger partial charge in [0.15, 0.2) is 0 Å². The summed E-state index contributed by atoms with van der Waals surface area (Å²) in [4.78, 5) is 12.7. The van der Waals surface area contributed by atoms with Crippen LogP contribution in [0.1, 0.15) is 45.4 Å². The van der Waals surface area contributed by atoms with Gasteiger partial charge in [0, 0.05) is 6.04 Å². The minimum Gasteiger partial charge on any atom is -0.352 e. The van der Waals surface area contributed by atoms with Crippen LogP contribution in [0.4, 0.5) is 10.1 Å². The number of nitrogens with zero attached hydrogens (tertiary/aromatic N) is 1. The predicted molar refractivity (Wildman–Crippen MR) is 92.8 cm³/mol. The number of hydrogen-bond donors (Lipinski definition) is 1. The van der Waals surface area contributed by atoms with E-state index < -0.39 is 21.9 Å². The molecule has 24 heavy (non-hydrogen) atoms. The maximum Gasteiger partial charge on any atom is 0.244 e. The topological polar surface area (TPSA) is 66.5 Å². The van der Waals surface area contributed by atoms with Crippen LogP contribution in [0.25, 0.3) is 0 Å². The van der Waals surface area contributed by atoms with Crippen molar-refractivity contribution in [1.82, 2.24) is 5.32 Å². The van der Waals surface area contributed by atoms with Crippen molar-refractivity contribution < 1.29 is 17.6 Å². The summed E-state index contributed by atoms with van der Waals surface area (Å²) in [7, 11) is -3.68. The number of carbonyl (C=O) groups is 1. The maximum absolute atomic E-state index is 13.1. The molecule has 0 unspecified atom stereocenters. The Bertz CT molecular complexity index is 655. The van der Waals surface area contributed by atoms with Crippen LogP contribution in [0, 0.1) is 5.82 Å². The van der Waals surface area contributed by atoms with Gasteiger partial charge in [-0.3, -0.25) is 9.10 Å². The van der Waals surface area contributed by atoms with E-state index >= 15 is 0 Å². The number of sulfonamides is 1. The Morgan fingerprint density at radius 2 is 1.83 bits per heavy atom. The molecule has 1 N–H and O–H groups in total. The van der Waals surface area contributed by atoms with Crippen LogP contribution < -0.4 is 9.62 Å². The summed E-state index contributed by atoms with van der Waals surface area (Å²) in [6.07, 6.45) is 6.59. The lowest BCUT2D eigenvalue weighted by molar-refractivity contribution is -0.123. The number of rotatable bonds is 6. The van der Waals surface area contributed by atoms with Gasteiger partial charge < -0.3 is 5.32 Å². The van der Waals surface area contributed by atoms with Crippen LogP contribution in [-0.4, -0.2) is 32.7 Å². The van der Waals surface area contributed by atoms with E-state index in [0.717, 1.165) is 36.2 Å². The Labute approximate surface area is 143 Å². The summed E-state index contributed by atoms with van der Waals surface area (Å²) in [5.74, 6) is -0.744. The third-order valence-electron chi connectivity index (χ3n) is 4.36. The highest BCUT2D eigenvalue weighted by molar-refractivity contribution is 7.92. The van der Waals surface area contributed by atoms with E-state index in [4.69, 9.17) is 0 Å². The van der Waals surface area contributed by atoms with Gasteiger partial charge in [-0.1, -0.05) is 26.2 Å². The molecule has 1 saturated carbocycles. The quantitative estimate of drug-likeness (QED) is 0.852. The highest BCUT2D eigenvalue weighted by Crippen LogP contribution is 2.24. The first-order valence-electron chi connectivity index (χ1n) is 8.38. The second-order valence-electron chi connectivity index (χ2n) is 6.30. The van der Waals surface area contributed by atoms with Crippen LogP contribution in [0.5, 0.6) is 0 Å². The van der Waals surface area contributed by atoms with Gasteiger partial charge in [-0.15, -0.1) is 0 Å². The first-order valence-corrected chi connectivity index (χ1v) is 10.2. The summed E-state index contributed by atoms with van der Waals surface area (Å²) in [6.45, 7) is 1.77. The van der Waals surface area contributed by atoms with Crippen molar-refractivity contribution in [2.45, 2.75) is 57.5 Å². The van der Waals surface area contributed by atoms with E-state index in [2.05, 4.69) is 5.32 Å². The van der Waals surface area contributed by atoms with E-state index in [-0.39, 0.29) is 11.9 Å². The molecule has 1 atom stereocenters. The maximum atomic E-state index is 13.1. The van der Waals surface area contributed by atoms with Crippen molar-refractivity contribution in [3.05, 3.63) is 30.1 Å². The zero-order valence-electron chi connectivity index (χ0n) is 14.2. The van der Waals surface area contributed by atoms with Gasteiger partial charge in [0.1, 0.15) is 11.9 Å². The van der Waals surface area contributed by atoms with E-state index in [1.165, 1.54) is 30.7 Å². The molecule has 1 aromatic carbocycles. The lowest BCUT2D eigenvalue weighted by Gasteiger charge is -2.32. The van der Waals surface area contributed by atoms with E-state index in [1.54, 1.807) is 6.92 Å². The average molecular weight is 356 g/mol. The van der Waals surface area contributed by atoms with Crippen molar-refractivity contribution >= 4 is 21.6 Å². The number of hydrogen-bond acceptors (Lipinski definition) is 3. The Morgan fingerprint density at radius 1 is 1.25 bits per heavy atom. The fourth-order valence-electron chi connectivity index (χ4n) is 3.19. The van der Waals surface area contributed by atoms with E-state index in [1.807, 2.05) is 0 Å². The molecule has 7 heteroatoms. The number of halogens is 1. The third kappa shape index (κ3) is 4.69. The molecule has 2 rings (SSSR count). The van der Waals surface area contributed by atoms with Crippen molar-refractivity contribution in [1.29, 1.82) is 0 Å². The molecule has 0 radical (unpaired) electrons. The SMILES string of the molecule is CC[C@@H](C(=O)NC1CCCCC1)N(c1ccc(F)cc1)S(C)(=O)=O. The molecule has 0 saturated heterocycles. The smallest absolute Gasteiger partial charge is 0.244 e. The van der Waals surface area contributed by atoms with Crippen LogP contribution in [0.2, 0.25) is 0 Å². The molecule has 1 aliphatic rings. The number of anilines is 1. The molecule has 0 spiro atoms. The molecule has 5 nitrogen and oxygen atoms in total. The fourth-order valence-corrected chi connectivity index (χ4v) is 4.40. The first-order chi connectivity index (χ1) is 11.3. The van der Waals surface area contributed by atoms with Gasteiger partial charge in [-0.25, -0.2) is 12.8 Å². The Morgan fingerprint density at radius 3 is 2.33 bits per heavy atom. The normalized spacial score (nSPS) is 17.3. The second kappa shape index (κ2) is 7.96. The van der Waals surface area contributed by atoms with Crippen LogP contribution >= 0.6 is 0 Å². The Kier molecular flexibility index (Phi) is 6.21. The zero-order valence-corrected chi connectivity index (χ0v) is 15.0. The lowest BCUT2D eigenvalue weighted by atomic mass is 9.95. The molecular formula is C17H25FN2O3S.